The molecule has 146 valence electrons. The predicted molar refractivity (Wildman–Crippen MR) is 106 cm³/mol. The van der Waals surface area contributed by atoms with Crippen LogP contribution in [0.5, 0.6) is 0 Å². The average Bonchev–Trinajstić information content (AvgIpc) is 2.96. The Morgan fingerprint density at radius 1 is 1.29 bits per heavy atom. The standard InChI is InChI=1S/C21H25N5O2/c1-2-19-18-12-15(13-24-20(18)28-25-19)21(27)26(14-16-6-3-4-10-23-16)17-7-5-9-22-11-8-17/h3-4,6,10,12-13,17,22H,2,5,7-9,11,14H2,1H3. The molecule has 1 aliphatic heterocycles. The molecule has 4 heterocycles. The third kappa shape index (κ3) is 3.89. The van der Waals surface area contributed by atoms with E-state index in [1.54, 1.807) is 12.4 Å². The fourth-order valence-corrected chi connectivity index (χ4v) is 3.76. The Balaban J connectivity index is 1.67. The molecular formula is C21H25N5O2. The Morgan fingerprint density at radius 3 is 3.04 bits per heavy atom. The summed E-state index contributed by atoms with van der Waals surface area (Å²) in [6.45, 7) is 4.42. The molecule has 0 radical (unpaired) electrons. The first kappa shape index (κ1) is 18.6. The number of hydrogen-bond acceptors (Lipinski definition) is 6. The van der Waals surface area contributed by atoms with Crippen LogP contribution in [0.2, 0.25) is 0 Å². The Labute approximate surface area is 164 Å². The van der Waals surface area contributed by atoms with Gasteiger partial charge in [-0.05, 0) is 57.0 Å². The molecule has 1 amide bonds. The van der Waals surface area contributed by atoms with Gasteiger partial charge in [-0.25, -0.2) is 4.98 Å². The number of amides is 1. The second-order valence-electron chi connectivity index (χ2n) is 7.15. The summed E-state index contributed by atoms with van der Waals surface area (Å²) in [5.41, 5.74) is 2.76. The van der Waals surface area contributed by atoms with E-state index in [9.17, 15) is 4.79 Å². The second kappa shape index (κ2) is 8.48. The van der Waals surface area contributed by atoms with Crippen LogP contribution in [-0.4, -0.2) is 45.1 Å². The predicted octanol–water partition coefficient (Wildman–Crippen LogP) is 2.96. The van der Waals surface area contributed by atoms with E-state index in [-0.39, 0.29) is 11.9 Å². The molecule has 28 heavy (non-hydrogen) atoms. The smallest absolute Gasteiger partial charge is 0.257 e. The molecule has 0 aliphatic carbocycles. The number of aryl methyl sites for hydroxylation is 1. The lowest BCUT2D eigenvalue weighted by Crippen LogP contribution is -2.40. The van der Waals surface area contributed by atoms with Gasteiger partial charge in [0.2, 0.25) is 0 Å². The number of nitrogens with one attached hydrogen (secondary N) is 1. The quantitative estimate of drug-likeness (QED) is 0.734. The number of carbonyl (C=O) groups excluding carboxylic acids is 1. The Bertz CT molecular complexity index is 932. The van der Waals surface area contributed by atoms with Gasteiger partial charge in [-0.3, -0.25) is 9.78 Å². The van der Waals surface area contributed by atoms with Gasteiger partial charge in [-0.1, -0.05) is 18.1 Å². The molecule has 1 N–H and O–H groups in total. The Hall–Kier alpha value is -2.80. The van der Waals surface area contributed by atoms with Crippen molar-refractivity contribution in [3.05, 3.63) is 53.6 Å². The maximum atomic E-state index is 13.5. The number of nitrogens with zero attached hydrogens (tertiary/aromatic N) is 4. The molecule has 0 saturated carbocycles. The van der Waals surface area contributed by atoms with Crippen molar-refractivity contribution < 1.29 is 9.32 Å². The van der Waals surface area contributed by atoms with Crippen LogP contribution in [0, 0.1) is 0 Å². The van der Waals surface area contributed by atoms with Crippen LogP contribution < -0.4 is 5.32 Å². The lowest BCUT2D eigenvalue weighted by atomic mass is 10.0. The van der Waals surface area contributed by atoms with Crippen molar-refractivity contribution in [1.82, 2.24) is 25.3 Å². The van der Waals surface area contributed by atoms with Gasteiger partial charge < -0.3 is 14.7 Å². The van der Waals surface area contributed by atoms with Crippen LogP contribution in [0.15, 0.2) is 41.2 Å². The van der Waals surface area contributed by atoms with Crippen molar-refractivity contribution in [1.29, 1.82) is 0 Å². The summed E-state index contributed by atoms with van der Waals surface area (Å²) in [5, 5.41) is 8.29. The van der Waals surface area contributed by atoms with E-state index in [0.717, 1.165) is 55.5 Å². The molecule has 3 aromatic heterocycles. The van der Waals surface area contributed by atoms with Crippen molar-refractivity contribution in [2.24, 2.45) is 0 Å². The summed E-state index contributed by atoms with van der Waals surface area (Å²) < 4.78 is 5.26. The molecule has 1 aliphatic rings. The third-order valence-corrected chi connectivity index (χ3v) is 5.29. The SMILES string of the molecule is CCc1noc2ncc(C(=O)N(Cc3ccccn3)C3CCCNCC3)cc12. The van der Waals surface area contributed by atoms with E-state index in [2.05, 4.69) is 20.4 Å². The molecule has 1 atom stereocenters. The average molecular weight is 379 g/mol. The van der Waals surface area contributed by atoms with Gasteiger partial charge in [0.05, 0.1) is 28.9 Å². The number of hydrogen-bond donors (Lipinski definition) is 1. The number of carbonyl (C=O) groups is 1. The Kier molecular flexibility index (Phi) is 5.62. The minimum atomic E-state index is -0.0183. The van der Waals surface area contributed by atoms with E-state index >= 15 is 0 Å². The minimum absolute atomic E-state index is 0.0183. The highest BCUT2D eigenvalue weighted by Crippen LogP contribution is 2.23. The van der Waals surface area contributed by atoms with Gasteiger partial charge in [-0.15, -0.1) is 0 Å². The number of pyridine rings is 2. The van der Waals surface area contributed by atoms with E-state index in [1.165, 1.54) is 0 Å². The molecule has 3 aromatic rings. The molecule has 0 aromatic carbocycles. The van der Waals surface area contributed by atoms with Crippen LogP contribution in [0.1, 0.15) is 47.9 Å². The zero-order valence-electron chi connectivity index (χ0n) is 16.1. The number of aromatic nitrogens is 3. The maximum Gasteiger partial charge on any atom is 0.257 e. The normalized spacial score (nSPS) is 17.4. The van der Waals surface area contributed by atoms with Crippen LogP contribution >= 0.6 is 0 Å². The van der Waals surface area contributed by atoms with Crippen LogP contribution in [-0.2, 0) is 13.0 Å². The van der Waals surface area contributed by atoms with Crippen LogP contribution in [0.3, 0.4) is 0 Å². The summed E-state index contributed by atoms with van der Waals surface area (Å²) >= 11 is 0. The second-order valence-corrected chi connectivity index (χ2v) is 7.15. The first-order valence-corrected chi connectivity index (χ1v) is 9.92. The highest BCUT2D eigenvalue weighted by molar-refractivity contribution is 5.97. The van der Waals surface area contributed by atoms with Gasteiger partial charge in [0.15, 0.2) is 0 Å². The topological polar surface area (TPSA) is 84.2 Å². The zero-order chi connectivity index (χ0) is 19.3. The third-order valence-electron chi connectivity index (χ3n) is 5.29. The number of rotatable bonds is 5. The fraction of sp³-hybridized carbons (Fsp3) is 0.429. The molecule has 0 spiro atoms. The number of fused-ring (bicyclic) bond motifs is 1. The van der Waals surface area contributed by atoms with Crippen LogP contribution in [0.4, 0.5) is 0 Å². The molecule has 7 nitrogen and oxygen atoms in total. The zero-order valence-corrected chi connectivity index (χ0v) is 16.1. The molecule has 1 saturated heterocycles. The summed E-state index contributed by atoms with van der Waals surface area (Å²) in [6, 6.07) is 7.85. The Morgan fingerprint density at radius 2 is 2.21 bits per heavy atom. The largest absolute Gasteiger partial charge is 0.336 e. The van der Waals surface area contributed by atoms with Crippen molar-refractivity contribution in [3.8, 4) is 0 Å². The van der Waals surface area contributed by atoms with Crippen molar-refractivity contribution in [3.63, 3.8) is 0 Å². The lowest BCUT2D eigenvalue weighted by molar-refractivity contribution is 0.0642. The lowest BCUT2D eigenvalue weighted by Gasteiger charge is -2.31. The van der Waals surface area contributed by atoms with Gasteiger partial charge in [0, 0.05) is 18.4 Å². The van der Waals surface area contributed by atoms with E-state index in [4.69, 9.17) is 4.52 Å². The van der Waals surface area contributed by atoms with Gasteiger partial charge in [0.1, 0.15) is 0 Å². The van der Waals surface area contributed by atoms with E-state index in [1.807, 2.05) is 36.1 Å². The van der Waals surface area contributed by atoms with Gasteiger partial charge in [0.25, 0.3) is 11.6 Å². The summed E-state index contributed by atoms with van der Waals surface area (Å²) in [6.07, 6.45) is 7.06. The van der Waals surface area contributed by atoms with Crippen molar-refractivity contribution >= 4 is 17.0 Å². The molecule has 1 fully saturated rings. The molecule has 4 rings (SSSR count). The monoisotopic (exact) mass is 379 g/mol. The summed E-state index contributed by atoms with van der Waals surface area (Å²) in [4.78, 5) is 24.2. The highest BCUT2D eigenvalue weighted by atomic mass is 16.5. The van der Waals surface area contributed by atoms with Crippen molar-refractivity contribution in [2.45, 2.75) is 45.2 Å². The maximum absolute atomic E-state index is 13.5. The molecule has 0 bridgehead atoms. The highest BCUT2D eigenvalue weighted by Gasteiger charge is 2.27. The minimum Gasteiger partial charge on any atom is -0.336 e. The fourth-order valence-electron chi connectivity index (χ4n) is 3.76. The van der Waals surface area contributed by atoms with Crippen molar-refractivity contribution in [2.75, 3.05) is 13.1 Å². The first-order chi connectivity index (χ1) is 13.8. The van der Waals surface area contributed by atoms with Gasteiger partial charge >= 0.3 is 0 Å². The molecular weight excluding hydrogens is 354 g/mol. The van der Waals surface area contributed by atoms with E-state index in [0.29, 0.717) is 17.8 Å². The molecule has 7 heteroatoms. The molecule has 1 unspecified atom stereocenters. The first-order valence-electron chi connectivity index (χ1n) is 9.92. The summed E-state index contributed by atoms with van der Waals surface area (Å²) in [7, 11) is 0. The summed E-state index contributed by atoms with van der Waals surface area (Å²) in [5.74, 6) is -0.0183. The van der Waals surface area contributed by atoms with E-state index < -0.39 is 0 Å². The van der Waals surface area contributed by atoms with Gasteiger partial charge in [-0.2, -0.15) is 0 Å². The van der Waals surface area contributed by atoms with Crippen LogP contribution in [0.25, 0.3) is 11.1 Å².